The Morgan fingerprint density at radius 3 is 2.57 bits per heavy atom. The molecular formula is C22H25N7O. The van der Waals surface area contributed by atoms with Crippen LogP contribution in [-0.4, -0.2) is 42.3 Å². The van der Waals surface area contributed by atoms with Crippen molar-refractivity contribution in [3.05, 3.63) is 64.5 Å². The molecule has 8 heteroatoms. The molecule has 0 unspecified atom stereocenters. The number of hydrogen-bond acceptors (Lipinski definition) is 6. The number of nitrogens with zero attached hydrogens (tertiary/aromatic N) is 7. The van der Waals surface area contributed by atoms with Crippen molar-refractivity contribution in [1.82, 2.24) is 29.2 Å². The third kappa shape index (κ3) is 3.22. The molecule has 0 N–H and O–H groups in total. The van der Waals surface area contributed by atoms with Crippen LogP contribution in [0.15, 0.2) is 47.4 Å². The van der Waals surface area contributed by atoms with E-state index in [4.69, 9.17) is 5.10 Å². The average molecular weight is 403 g/mol. The summed E-state index contributed by atoms with van der Waals surface area (Å²) in [7, 11) is 0. The lowest BCUT2D eigenvalue weighted by atomic mass is 9.92. The van der Waals surface area contributed by atoms with Crippen molar-refractivity contribution in [3.8, 4) is 0 Å². The van der Waals surface area contributed by atoms with Crippen molar-refractivity contribution in [3.63, 3.8) is 0 Å². The van der Waals surface area contributed by atoms with Crippen LogP contribution in [0.4, 0.5) is 5.82 Å². The van der Waals surface area contributed by atoms with Crippen molar-refractivity contribution in [2.45, 2.75) is 44.9 Å². The molecule has 0 atom stereocenters. The minimum absolute atomic E-state index is 0.0328. The van der Waals surface area contributed by atoms with Crippen LogP contribution in [0.1, 0.15) is 51.0 Å². The van der Waals surface area contributed by atoms with Crippen LogP contribution >= 0.6 is 0 Å². The second-order valence-corrected chi connectivity index (χ2v) is 8.94. The van der Waals surface area contributed by atoms with E-state index in [2.05, 4.69) is 40.9 Å². The predicted octanol–water partition coefficient (Wildman–Crippen LogP) is 2.81. The fourth-order valence-corrected chi connectivity index (χ4v) is 4.03. The maximum atomic E-state index is 12.4. The highest BCUT2D eigenvalue weighted by Gasteiger charge is 2.27. The summed E-state index contributed by atoms with van der Waals surface area (Å²) in [6.45, 7) is 8.09. The van der Waals surface area contributed by atoms with Gasteiger partial charge in [-0.2, -0.15) is 9.61 Å². The first-order valence-electron chi connectivity index (χ1n) is 10.4. The lowest BCUT2D eigenvalue weighted by molar-refractivity contribution is 0.470. The molecule has 0 spiro atoms. The van der Waals surface area contributed by atoms with E-state index >= 15 is 0 Å². The zero-order chi connectivity index (χ0) is 20.9. The SMILES string of the molecule is CC(C)(C)c1ccc2nnc(C3CCN(c4cc(=O)n5ccccc5n4)CC3)n2n1. The van der Waals surface area contributed by atoms with E-state index in [9.17, 15) is 4.79 Å². The second-order valence-electron chi connectivity index (χ2n) is 8.94. The Kier molecular flexibility index (Phi) is 4.30. The molecule has 5 heterocycles. The molecule has 8 nitrogen and oxygen atoms in total. The molecule has 1 aliphatic rings. The molecule has 4 aromatic heterocycles. The summed E-state index contributed by atoms with van der Waals surface area (Å²) < 4.78 is 3.47. The van der Waals surface area contributed by atoms with Gasteiger partial charge in [0.2, 0.25) is 0 Å². The van der Waals surface area contributed by atoms with Gasteiger partial charge in [-0.1, -0.05) is 26.8 Å². The van der Waals surface area contributed by atoms with Crippen LogP contribution in [0, 0.1) is 0 Å². The number of hydrogen-bond donors (Lipinski definition) is 0. The third-order valence-electron chi connectivity index (χ3n) is 5.80. The Bertz CT molecular complexity index is 1280. The number of piperidine rings is 1. The standard InChI is InChI=1S/C22H25N7O/c1-22(2,3)16-7-8-18-24-25-21(29(18)26-16)15-9-12-27(13-10-15)19-14-20(30)28-11-5-4-6-17(28)23-19/h4-8,11,14-15H,9-10,12-13H2,1-3H3. The van der Waals surface area contributed by atoms with Crippen molar-refractivity contribution < 1.29 is 0 Å². The normalized spacial score (nSPS) is 15.9. The number of anilines is 1. The number of aromatic nitrogens is 6. The number of pyridine rings is 1. The Morgan fingerprint density at radius 2 is 1.80 bits per heavy atom. The van der Waals surface area contributed by atoms with Gasteiger partial charge in [-0.3, -0.25) is 9.20 Å². The van der Waals surface area contributed by atoms with Crippen molar-refractivity contribution in [2.75, 3.05) is 18.0 Å². The molecule has 0 radical (unpaired) electrons. The van der Waals surface area contributed by atoms with Crippen molar-refractivity contribution in [1.29, 1.82) is 0 Å². The Hall–Kier alpha value is -3.29. The first-order chi connectivity index (χ1) is 14.4. The van der Waals surface area contributed by atoms with Crippen LogP contribution in [-0.2, 0) is 5.41 Å². The van der Waals surface area contributed by atoms with Crippen molar-refractivity contribution in [2.24, 2.45) is 0 Å². The molecule has 4 aromatic rings. The quantitative estimate of drug-likeness (QED) is 0.512. The van der Waals surface area contributed by atoms with Crippen molar-refractivity contribution >= 4 is 17.1 Å². The van der Waals surface area contributed by atoms with Gasteiger partial charge in [0.1, 0.15) is 11.5 Å². The van der Waals surface area contributed by atoms with Gasteiger partial charge in [-0.25, -0.2) is 4.98 Å². The van der Waals surface area contributed by atoms with Crippen LogP contribution in [0.5, 0.6) is 0 Å². The lowest BCUT2D eigenvalue weighted by Gasteiger charge is -2.32. The summed E-state index contributed by atoms with van der Waals surface area (Å²) in [4.78, 5) is 19.3. The highest BCUT2D eigenvalue weighted by molar-refractivity contribution is 5.48. The van der Waals surface area contributed by atoms with Gasteiger partial charge in [-0.15, -0.1) is 10.2 Å². The summed E-state index contributed by atoms with van der Waals surface area (Å²) in [6, 6.07) is 11.2. The van der Waals surface area contributed by atoms with Crippen LogP contribution in [0.2, 0.25) is 0 Å². The second kappa shape index (κ2) is 6.90. The summed E-state index contributed by atoms with van der Waals surface area (Å²) in [5.41, 5.74) is 2.39. The Balaban J connectivity index is 1.39. The molecule has 1 saturated heterocycles. The van der Waals surface area contributed by atoms with Gasteiger partial charge in [0, 0.05) is 36.7 Å². The van der Waals surface area contributed by atoms with Gasteiger partial charge < -0.3 is 4.90 Å². The Labute approximate surface area is 174 Å². The van der Waals surface area contributed by atoms with E-state index in [-0.39, 0.29) is 16.9 Å². The first-order valence-corrected chi connectivity index (χ1v) is 10.4. The summed E-state index contributed by atoms with van der Waals surface area (Å²) in [5.74, 6) is 1.94. The molecule has 5 rings (SSSR count). The topological polar surface area (TPSA) is 80.7 Å². The molecule has 0 bridgehead atoms. The molecule has 1 fully saturated rings. The average Bonchev–Trinajstić information content (AvgIpc) is 3.16. The van der Waals surface area contributed by atoms with E-state index in [1.165, 1.54) is 0 Å². The minimum Gasteiger partial charge on any atom is -0.356 e. The third-order valence-corrected chi connectivity index (χ3v) is 5.80. The molecular weight excluding hydrogens is 378 g/mol. The van der Waals surface area contributed by atoms with E-state index in [0.29, 0.717) is 5.65 Å². The van der Waals surface area contributed by atoms with E-state index in [1.807, 2.05) is 34.8 Å². The van der Waals surface area contributed by atoms with Gasteiger partial charge in [0.25, 0.3) is 5.56 Å². The zero-order valence-electron chi connectivity index (χ0n) is 17.5. The fraction of sp³-hybridized carbons (Fsp3) is 0.409. The largest absolute Gasteiger partial charge is 0.356 e. The molecule has 0 amide bonds. The monoisotopic (exact) mass is 403 g/mol. The van der Waals surface area contributed by atoms with Gasteiger partial charge >= 0.3 is 0 Å². The minimum atomic E-state index is -0.0555. The summed E-state index contributed by atoms with van der Waals surface area (Å²) in [6.07, 6.45) is 3.58. The lowest BCUT2D eigenvalue weighted by Crippen LogP contribution is -2.35. The van der Waals surface area contributed by atoms with Gasteiger partial charge in [-0.05, 0) is 37.1 Å². The van der Waals surface area contributed by atoms with Gasteiger partial charge in [0.15, 0.2) is 11.5 Å². The van der Waals surface area contributed by atoms with Crippen LogP contribution in [0.25, 0.3) is 11.3 Å². The number of fused-ring (bicyclic) bond motifs is 2. The van der Waals surface area contributed by atoms with Gasteiger partial charge in [0.05, 0.1) is 5.69 Å². The molecule has 30 heavy (non-hydrogen) atoms. The maximum Gasteiger partial charge on any atom is 0.259 e. The highest BCUT2D eigenvalue weighted by atomic mass is 16.1. The summed E-state index contributed by atoms with van der Waals surface area (Å²) >= 11 is 0. The van der Waals surface area contributed by atoms with E-state index < -0.39 is 0 Å². The zero-order valence-corrected chi connectivity index (χ0v) is 17.5. The first kappa shape index (κ1) is 18.7. The number of rotatable bonds is 2. The van der Waals surface area contributed by atoms with Crippen LogP contribution < -0.4 is 10.5 Å². The predicted molar refractivity (Wildman–Crippen MR) is 115 cm³/mol. The Morgan fingerprint density at radius 1 is 1.00 bits per heavy atom. The molecule has 154 valence electrons. The molecule has 0 saturated carbocycles. The molecule has 0 aliphatic carbocycles. The maximum absolute atomic E-state index is 12.4. The van der Waals surface area contributed by atoms with Crippen LogP contribution in [0.3, 0.4) is 0 Å². The molecule has 1 aliphatic heterocycles. The van der Waals surface area contributed by atoms with E-state index in [0.717, 1.165) is 48.9 Å². The summed E-state index contributed by atoms with van der Waals surface area (Å²) in [5, 5.41) is 13.6. The van der Waals surface area contributed by atoms with E-state index in [1.54, 1.807) is 16.7 Å². The fourth-order valence-electron chi connectivity index (χ4n) is 4.03. The highest BCUT2D eigenvalue weighted by Crippen LogP contribution is 2.29. The smallest absolute Gasteiger partial charge is 0.259 e. The molecule has 0 aromatic carbocycles.